The summed E-state index contributed by atoms with van der Waals surface area (Å²) in [5, 5.41) is 6.97. The van der Waals surface area contributed by atoms with E-state index in [2.05, 4.69) is 16.0 Å². The Morgan fingerprint density at radius 1 is 1.47 bits per heavy atom. The van der Waals surface area contributed by atoms with E-state index >= 15 is 0 Å². The van der Waals surface area contributed by atoms with Crippen molar-refractivity contribution in [2.45, 2.75) is 24.9 Å². The number of rotatable bonds is 2. The van der Waals surface area contributed by atoms with Gasteiger partial charge in [0.1, 0.15) is 11.6 Å². The minimum Gasteiger partial charge on any atom is -0.352 e. The molecule has 2 heterocycles. The van der Waals surface area contributed by atoms with Crippen molar-refractivity contribution >= 4 is 23.9 Å². The fourth-order valence-corrected chi connectivity index (χ4v) is 2.36. The molecule has 2 aliphatic rings. The van der Waals surface area contributed by atoms with Crippen LogP contribution in [0.15, 0.2) is 0 Å². The Bertz CT molecular complexity index is 465. The molecule has 2 fully saturated rings. The molecule has 2 saturated heterocycles. The molecule has 0 aromatic rings. The van der Waals surface area contributed by atoms with Crippen LogP contribution in [0.2, 0.25) is 0 Å². The topological polar surface area (TPSA) is 134 Å². The van der Waals surface area contributed by atoms with Crippen molar-refractivity contribution in [3.05, 3.63) is 0 Å². The van der Waals surface area contributed by atoms with Crippen LogP contribution in [0.1, 0.15) is 13.3 Å². The molecule has 2 atom stereocenters. The Labute approximate surface area is 108 Å². The first-order valence-electron chi connectivity index (χ1n) is 5.82. The molecule has 2 unspecified atom stereocenters. The van der Waals surface area contributed by atoms with Crippen LogP contribution in [-0.4, -0.2) is 53.4 Å². The van der Waals surface area contributed by atoms with Gasteiger partial charge in [0.2, 0.25) is 5.91 Å². The number of nitrogens with two attached hydrogens (primary N) is 1. The highest BCUT2D eigenvalue weighted by Gasteiger charge is 2.51. The Balaban J connectivity index is 2.02. The third-order valence-electron chi connectivity index (χ3n) is 3.32. The van der Waals surface area contributed by atoms with E-state index in [9.17, 15) is 19.2 Å². The third kappa shape index (κ3) is 2.30. The molecule has 9 nitrogen and oxygen atoms in total. The zero-order chi connectivity index (χ0) is 14.2. The summed E-state index contributed by atoms with van der Waals surface area (Å²) in [4.78, 5) is 47.0. The van der Waals surface area contributed by atoms with Crippen molar-refractivity contribution in [1.29, 1.82) is 0 Å². The Kier molecular flexibility index (Phi) is 3.05. The van der Waals surface area contributed by atoms with Crippen LogP contribution < -0.4 is 21.7 Å². The fourth-order valence-electron chi connectivity index (χ4n) is 2.36. The number of hydrogen-bond donors (Lipinski definition) is 4. The number of imide groups is 1. The Morgan fingerprint density at radius 2 is 2.16 bits per heavy atom. The highest BCUT2D eigenvalue weighted by atomic mass is 16.2. The lowest BCUT2D eigenvalue weighted by atomic mass is 9.99. The summed E-state index contributed by atoms with van der Waals surface area (Å²) in [6.45, 7) is 1.93. The average Bonchev–Trinajstić information content (AvgIpc) is 2.83. The van der Waals surface area contributed by atoms with Crippen molar-refractivity contribution in [3.8, 4) is 0 Å². The normalized spacial score (nSPS) is 27.1. The summed E-state index contributed by atoms with van der Waals surface area (Å²) < 4.78 is 0. The van der Waals surface area contributed by atoms with Crippen molar-refractivity contribution in [1.82, 2.24) is 20.9 Å². The largest absolute Gasteiger partial charge is 0.352 e. The molecule has 5 N–H and O–H groups in total. The molecule has 0 bridgehead atoms. The van der Waals surface area contributed by atoms with Gasteiger partial charge in [0, 0.05) is 6.54 Å². The van der Waals surface area contributed by atoms with Crippen molar-refractivity contribution in [2.24, 2.45) is 5.73 Å². The van der Waals surface area contributed by atoms with Crippen LogP contribution in [0, 0.1) is 0 Å². The van der Waals surface area contributed by atoms with Crippen LogP contribution in [0.4, 0.5) is 9.59 Å². The summed E-state index contributed by atoms with van der Waals surface area (Å²) in [6, 6.07) is -2.11. The summed E-state index contributed by atoms with van der Waals surface area (Å²) in [5.41, 5.74) is 3.90. The molecule has 0 aromatic carbocycles. The van der Waals surface area contributed by atoms with E-state index in [0.29, 0.717) is 13.0 Å². The van der Waals surface area contributed by atoms with Crippen molar-refractivity contribution in [3.63, 3.8) is 0 Å². The summed E-state index contributed by atoms with van der Waals surface area (Å²) in [6.07, 6.45) is 0.347. The van der Waals surface area contributed by atoms with Crippen LogP contribution in [0.5, 0.6) is 0 Å². The van der Waals surface area contributed by atoms with Gasteiger partial charge in [-0.2, -0.15) is 0 Å². The number of hydrogen-bond acceptors (Lipinski definition) is 4. The van der Waals surface area contributed by atoms with E-state index in [4.69, 9.17) is 5.73 Å². The lowest BCUT2D eigenvalue weighted by Crippen LogP contribution is -2.52. The first-order chi connectivity index (χ1) is 8.84. The molecule has 0 radical (unpaired) electrons. The zero-order valence-electron chi connectivity index (χ0n) is 10.4. The van der Waals surface area contributed by atoms with E-state index in [1.165, 1.54) is 11.8 Å². The number of primary amides is 1. The second-order valence-electron chi connectivity index (χ2n) is 4.73. The van der Waals surface area contributed by atoms with Gasteiger partial charge in [-0.05, 0) is 13.3 Å². The van der Waals surface area contributed by atoms with E-state index in [1.54, 1.807) is 0 Å². The van der Waals surface area contributed by atoms with Gasteiger partial charge in [-0.15, -0.1) is 0 Å². The van der Waals surface area contributed by atoms with E-state index in [1.807, 2.05) is 0 Å². The standard InChI is InChI=1S/C10H15N5O4/c1-5(12-8(11)18)6(16)15-3-2-10(4-15)7(17)13-9(19)14-10/h5H,2-4H2,1H3,(H3,11,12,18)(H2,13,14,17,19). The molecule has 0 saturated carbocycles. The maximum absolute atomic E-state index is 12.0. The van der Waals surface area contributed by atoms with Gasteiger partial charge >= 0.3 is 12.1 Å². The molecule has 0 aromatic heterocycles. The highest BCUT2D eigenvalue weighted by molar-refractivity contribution is 6.07. The van der Waals surface area contributed by atoms with Gasteiger partial charge < -0.3 is 21.3 Å². The predicted molar refractivity (Wildman–Crippen MR) is 62.8 cm³/mol. The lowest BCUT2D eigenvalue weighted by molar-refractivity contribution is -0.132. The molecule has 2 rings (SSSR count). The number of amides is 6. The number of nitrogens with one attached hydrogen (secondary N) is 3. The number of nitrogens with zero attached hydrogens (tertiary/aromatic N) is 1. The van der Waals surface area contributed by atoms with Gasteiger partial charge in [0.05, 0.1) is 6.54 Å². The number of carbonyl (C=O) groups is 4. The number of carbonyl (C=O) groups excluding carboxylic acids is 4. The molecule has 2 aliphatic heterocycles. The zero-order valence-corrected chi connectivity index (χ0v) is 10.4. The monoisotopic (exact) mass is 269 g/mol. The Hall–Kier alpha value is -2.32. The maximum atomic E-state index is 12.0. The van der Waals surface area contributed by atoms with Gasteiger partial charge in [0.15, 0.2) is 0 Å². The first-order valence-corrected chi connectivity index (χ1v) is 5.82. The fraction of sp³-hybridized carbons (Fsp3) is 0.600. The molecule has 6 amide bonds. The second-order valence-corrected chi connectivity index (χ2v) is 4.73. The van der Waals surface area contributed by atoms with Crippen molar-refractivity contribution < 1.29 is 19.2 Å². The molecular formula is C10H15N5O4. The smallest absolute Gasteiger partial charge is 0.322 e. The maximum Gasteiger partial charge on any atom is 0.322 e. The summed E-state index contributed by atoms with van der Waals surface area (Å²) in [5.74, 6) is -0.770. The molecular weight excluding hydrogens is 254 g/mol. The van der Waals surface area contributed by atoms with Gasteiger partial charge in [-0.3, -0.25) is 14.9 Å². The first kappa shape index (κ1) is 13.1. The second kappa shape index (κ2) is 4.41. The number of likely N-dealkylation sites (tertiary alicyclic amines) is 1. The minimum absolute atomic E-state index is 0.0915. The van der Waals surface area contributed by atoms with Gasteiger partial charge in [-0.25, -0.2) is 9.59 Å². The summed E-state index contributed by atoms with van der Waals surface area (Å²) in [7, 11) is 0. The molecule has 19 heavy (non-hydrogen) atoms. The Morgan fingerprint density at radius 3 is 2.68 bits per heavy atom. The molecule has 1 spiro atoms. The van der Waals surface area contributed by atoms with E-state index < -0.39 is 29.6 Å². The highest BCUT2D eigenvalue weighted by Crippen LogP contribution is 2.24. The summed E-state index contributed by atoms with van der Waals surface area (Å²) >= 11 is 0. The van der Waals surface area contributed by atoms with Crippen LogP contribution in [0.3, 0.4) is 0 Å². The quantitative estimate of drug-likeness (QED) is 0.425. The van der Waals surface area contributed by atoms with E-state index in [0.717, 1.165) is 0 Å². The average molecular weight is 269 g/mol. The molecule has 9 heteroatoms. The van der Waals surface area contributed by atoms with Gasteiger partial charge in [0.25, 0.3) is 5.91 Å². The minimum atomic E-state index is -1.04. The van der Waals surface area contributed by atoms with Crippen LogP contribution in [-0.2, 0) is 9.59 Å². The molecule has 104 valence electrons. The molecule has 0 aliphatic carbocycles. The van der Waals surface area contributed by atoms with Gasteiger partial charge in [-0.1, -0.05) is 0 Å². The van der Waals surface area contributed by atoms with Crippen molar-refractivity contribution in [2.75, 3.05) is 13.1 Å². The van der Waals surface area contributed by atoms with Crippen LogP contribution in [0.25, 0.3) is 0 Å². The number of urea groups is 2. The lowest BCUT2D eigenvalue weighted by Gasteiger charge is -2.23. The predicted octanol–water partition coefficient (Wildman–Crippen LogP) is -2.15. The SMILES string of the molecule is CC(NC(N)=O)C(=O)N1CCC2(C1)NC(=O)NC2=O. The van der Waals surface area contributed by atoms with Crippen LogP contribution >= 0.6 is 0 Å². The van der Waals surface area contributed by atoms with E-state index in [-0.39, 0.29) is 12.5 Å². The third-order valence-corrected chi connectivity index (χ3v) is 3.32.